The van der Waals surface area contributed by atoms with E-state index in [0.29, 0.717) is 11.8 Å². The van der Waals surface area contributed by atoms with Crippen LogP contribution in [0.4, 0.5) is 21.5 Å². The van der Waals surface area contributed by atoms with Gasteiger partial charge in [-0.15, -0.1) is 0 Å². The van der Waals surface area contributed by atoms with Crippen molar-refractivity contribution in [1.29, 1.82) is 0 Å². The van der Waals surface area contributed by atoms with E-state index in [0.717, 1.165) is 33.8 Å². The van der Waals surface area contributed by atoms with Gasteiger partial charge in [0.1, 0.15) is 5.82 Å². The molecule has 1 aliphatic carbocycles. The van der Waals surface area contributed by atoms with Crippen LogP contribution < -0.4 is 4.90 Å². The number of benzene rings is 6. The largest absolute Gasteiger partial charge is 0.310 e. The van der Waals surface area contributed by atoms with E-state index in [1.54, 1.807) is 12.1 Å². The lowest BCUT2D eigenvalue weighted by Crippen LogP contribution is -2.31. The molecule has 7 aromatic rings. The SMILES string of the molecule is CCCCC(CC)CC1(CC(CC)CCCC)c2ccccc2-c2cc(N(c3ccccc3)c3ccc4c5ccccc5n(-c5ccc(F)cc5)c4c3)ccc21. The fourth-order valence-electron chi connectivity index (χ4n) is 9.98. The summed E-state index contributed by atoms with van der Waals surface area (Å²) in [7, 11) is 0. The van der Waals surface area contributed by atoms with Crippen LogP contribution in [0, 0.1) is 17.7 Å². The van der Waals surface area contributed by atoms with Crippen LogP contribution in [0.5, 0.6) is 0 Å². The molecule has 0 saturated heterocycles. The summed E-state index contributed by atoms with van der Waals surface area (Å²) in [5, 5.41) is 2.36. The third kappa shape index (κ3) is 6.95. The van der Waals surface area contributed by atoms with Crippen molar-refractivity contribution < 1.29 is 4.39 Å². The van der Waals surface area contributed by atoms with Gasteiger partial charge in [-0.25, -0.2) is 4.39 Å². The molecule has 1 aliphatic rings. The minimum absolute atomic E-state index is 0.000124. The maximum atomic E-state index is 14.2. The van der Waals surface area contributed by atoms with Gasteiger partial charge in [-0.3, -0.25) is 0 Å². The average Bonchev–Trinajstić information content (AvgIpc) is 3.71. The number of aromatic nitrogens is 1. The fourth-order valence-corrected chi connectivity index (χ4v) is 9.98. The number of halogens is 1. The molecule has 0 bridgehead atoms. The van der Waals surface area contributed by atoms with Crippen molar-refractivity contribution in [3.8, 4) is 16.8 Å². The highest BCUT2D eigenvalue weighted by atomic mass is 19.1. The van der Waals surface area contributed by atoms with Crippen LogP contribution in [0.3, 0.4) is 0 Å². The highest BCUT2D eigenvalue weighted by Gasteiger charge is 2.45. The van der Waals surface area contributed by atoms with Gasteiger partial charge in [-0.1, -0.05) is 152 Å². The van der Waals surface area contributed by atoms with Crippen molar-refractivity contribution in [3.05, 3.63) is 156 Å². The van der Waals surface area contributed by atoms with Gasteiger partial charge in [-0.2, -0.15) is 0 Å². The van der Waals surface area contributed by atoms with Crippen molar-refractivity contribution >= 4 is 38.9 Å². The second-order valence-electron chi connectivity index (χ2n) is 16.3. The summed E-state index contributed by atoms with van der Waals surface area (Å²) in [4.78, 5) is 2.42. The van der Waals surface area contributed by atoms with Crippen LogP contribution >= 0.6 is 0 Å². The van der Waals surface area contributed by atoms with E-state index in [-0.39, 0.29) is 11.2 Å². The first kappa shape index (κ1) is 37.8. The number of fused-ring (bicyclic) bond motifs is 6. The molecule has 2 unspecified atom stereocenters. The molecule has 0 N–H and O–H groups in total. The zero-order valence-electron chi connectivity index (χ0n) is 33.8. The quantitative estimate of drug-likeness (QED) is 0.0958. The molecule has 0 spiro atoms. The highest BCUT2D eigenvalue weighted by Crippen LogP contribution is 2.57. The first-order chi connectivity index (χ1) is 27.5. The van der Waals surface area contributed by atoms with Gasteiger partial charge < -0.3 is 9.47 Å². The molecule has 8 rings (SSSR count). The molecule has 1 aromatic heterocycles. The number of nitrogens with zero attached hydrogens (tertiary/aromatic N) is 2. The Morgan fingerprint density at radius 3 is 1.82 bits per heavy atom. The maximum absolute atomic E-state index is 14.2. The van der Waals surface area contributed by atoms with Crippen molar-refractivity contribution in [2.45, 2.75) is 97.3 Å². The van der Waals surface area contributed by atoms with Gasteiger partial charge in [0.15, 0.2) is 0 Å². The van der Waals surface area contributed by atoms with Crippen LogP contribution in [0.15, 0.2) is 140 Å². The smallest absolute Gasteiger partial charge is 0.123 e. The minimum atomic E-state index is -0.231. The number of rotatable bonds is 16. The first-order valence-corrected chi connectivity index (χ1v) is 21.4. The Hall–Kier alpha value is -5.15. The van der Waals surface area contributed by atoms with Crippen molar-refractivity contribution in [2.24, 2.45) is 11.8 Å². The molecule has 0 fully saturated rings. The number of para-hydroxylation sites is 2. The summed E-state index contributed by atoms with van der Waals surface area (Å²) in [5.41, 5.74) is 12.3. The van der Waals surface area contributed by atoms with E-state index in [1.807, 2.05) is 12.1 Å². The van der Waals surface area contributed by atoms with Gasteiger partial charge >= 0.3 is 0 Å². The lowest BCUT2D eigenvalue weighted by molar-refractivity contribution is 0.266. The summed E-state index contributed by atoms with van der Waals surface area (Å²) >= 11 is 0. The Kier molecular flexibility index (Phi) is 11.1. The van der Waals surface area contributed by atoms with Crippen LogP contribution in [0.2, 0.25) is 0 Å². The first-order valence-electron chi connectivity index (χ1n) is 21.4. The third-order valence-corrected chi connectivity index (χ3v) is 12.9. The monoisotopic (exact) mass is 740 g/mol. The van der Waals surface area contributed by atoms with Crippen molar-refractivity contribution in [2.75, 3.05) is 4.90 Å². The van der Waals surface area contributed by atoms with E-state index in [1.165, 1.54) is 97.2 Å². The van der Waals surface area contributed by atoms with Crippen LogP contribution in [0.25, 0.3) is 38.6 Å². The zero-order valence-corrected chi connectivity index (χ0v) is 33.8. The standard InChI is InChI=1S/C53H57FN2/c1-5-9-18-38(7-3)36-53(37-39(8-4)19-10-6-2)49-24-16-14-22-45(49)48-34-43(31-33-50(48)53)55(41-20-12-11-13-21-41)44-30-32-47-46-23-15-17-25-51(46)56(52(47)35-44)42-28-26-40(54)27-29-42/h11-17,20-35,38-39H,5-10,18-19,36-37H2,1-4H3. The second kappa shape index (κ2) is 16.5. The predicted molar refractivity (Wildman–Crippen MR) is 237 cm³/mol. The van der Waals surface area contributed by atoms with Crippen LogP contribution in [-0.2, 0) is 5.41 Å². The summed E-state index contributed by atoms with van der Waals surface area (Å²) in [6.45, 7) is 9.50. The number of unbranched alkanes of at least 4 members (excludes halogenated alkanes) is 2. The summed E-state index contributed by atoms with van der Waals surface area (Å²) in [5.74, 6) is 1.15. The zero-order chi connectivity index (χ0) is 38.6. The van der Waals surface area contributed by atoms with Gasteiger partial charge in [0.2, 0.25) is 0 Å². The highest BCUT2D eigenvalue weighted by molar-refractivity contribution is 6.10. The molecule has 6 aromatic carbocycles. The molecule has 56 heavy (non-hydrogen) atoms. The van der Waals surface area contributed by atoms with Crippen molar-refractivity contribution in [1.82, 2.24) is 4.57 Å². The number of hydrogen-bond acceptors (Lipinski definition) is 1. The van der Waals surface area contributed by atoms with E-state index in [2.05, 4.69) is 152 Å². The molecular formula is C53H57FN2. The van der Waals surface area contributed by atoms with E-state index in [9.17, 15) is 4.39 Å². The molecule has 2 nitrogen and oxygen atoms in total. The topological polar surface area (TPSA) is 8.17 Å². The second-order valence-corrected chi connectivity index (χ2v) is 16.3. The summed E-state index contributed by atoms with van der Waals surface area (Å²) in [6, 6.07) is 49.8. The molecular weight excluding hydrogens is 684 g/mol. The molecule has 2 atom stereocenters. The van der Waals surface area contributed by atoms with Crippen molar-refractivity contribution in [3.63, 3.8) is 0 Å². The summed E-state index contributed by atoms with van der Waals surface area (Å²) < 4.78 is 16.5. The Morgan fingerprint density at radius 1 is 0.536 bits per heavy atom. The maximum Gasteiger partial charge on any atom is 0.123 e. The average molecular weight is 741 g/mol. The van der Waals surface area contributed by atoms with Crippen LogP contribution in [0.1, 0.15) is 103 Å². The number of anilines is 3. The lowest BCUT2D eigenvalue weighted by atomic mass is 9.65. The Balaban J connectivity index is 1.31. The fraction of sp³-hybridized carbons (Fsp3) is 0.321. The van der Waals surface area contributed by atoms with E-state index >= 15 is 0 Å². The lowest BCUT2D eigenvalue weighted by Gasteiger charge is -2.39. The molecule has 286 valence electrons. The van der Waals surface area contributed by atoms with Gasteiger partial charge in [0.05, 0.1) is 11.0 Å². The Morgan fingerprint density at radius 2 is 1.12 bits per heavy atom. The number of hydrogen-bond donors (Lipinski definition) is 0. The minimum Gasteiger partial charge on any atom is -0.310 e. The molecule has 3 heteroatoms. The third-order valence-electron chi connectivity index (χ3n) is 12.9. The van der Waals surface area contributed by atoms with Gasteiger partial charge in [-0.05, 0) is 114 Å². The van der Waals surface area contributed by atoms with Gasteiger partial charge in [0.25, 0.3) is 0 Å². The molecule has 0 aliphatic heterocycles. The Bertz CT molecular complexity index is 2390. The molecule has 0 amide bonds. The summed E-state index contributed by atoms with van der Waals surface area (Å²) in [6.07, 6.45) is 12.6. The van der Waals surface area contributed by atoms with Crippen LogP contribution in [-0.4, -0.2) is 4.57 Å². The molecule has 0 radical (unpaired) electrons. The van der Waals surface area contributed by atoms with Gasteiger partial charge in [0, 0.05) is 38.9 Å². The predicted octanol–water partition coefficient (Wildman–Crippen LogP) is 15.9. The normalized spacial score (nSPS) is 15.9. The molecule has 1 heterocycles. The van der Waals surface area contributed by atoms with E-state index in [4.69, 9.17) is 0 Å². The Labute approximate surface area is 334 Å². The molecule has 0 saturated carbocycles. The van der Waals surface area contributed by atoms with E-state index < -0.39 is 0 Å².